The molecule has 1 unspecified atom stereocenters. The fraction of sp³-hybridized carbons (Fsp3) is 0.654. The zero-order chi connectivity index (χ0) is 21.5. The van der Waals surface area contributed by atoms with Crippen molar-refractivity contribution in [3.05, 3.63) is 48.6 Å². The van der Waals surface area contributed by atoms with Gasteiger partial charge in [-0.25, -0.2) is 0 Å². The molecule has 0 heterocycles. The maximum atomic E-state index is 11.5. The van der Waals surface area contributed by atoms with Crippen LogP contribution in [-0.4, -0.2) is 5.78 Å². The van der Waals surface area contributed by atoms with E-state index in [1.807, 2.05) is 0 Å². The molecule has 0 aromatic rings. The Kier molecular flexibility index (Phi) is 9.22. The minimum absolute atomic E-state index is 0.00650. The quantitative estimate of drug-likeness (QED) is 0.375. The summed E-state index contributed by atoms with van der Waals surface area (Å²) in [5.74, 6) is 0.609. The second kappa shape index (κ2) is 9.71. The summed E-state index contributed by atoms with van der Waals surface area (Å²) < 4.78 is 0. The van der Waals surface area contributed by atoms with E-state index in [9.17, 15) is 4.79 Å². The van der Waals surface area contributed by atoms with Gasteiger partial charge in [-0.2, -0.15) is 0 Å². The summed E-state index contributed by atoms with van der Waals surface area (Å²) in [4.78, 5) is 11.5. The standard InChI is InChI=1S/C26H44O/c1-21(20-22(2)27)26(10,11)25(8,9)19-17-15-13-12-14-16-18-24(6,7)23(3,4)5/h12-19,21H,20H2,1-11H3/b14-12+,15-13+,18-16+,19-17+. The Hall–Kier alpha value is -1.37. The van der Waals surface area contributed by atoms with Crippen LogP contribution < -0.4 is 0 Å². The zero-order valence-corrected chi connectivity index (χ0v) is 19.8. The third kappa shape index (κ3) is 8.03. The first-order valence-corrected chi connectivity index (χ1v) is 10.2. The van der Waals surface area contributed by atoms with E-state index < -0.39 is 0 Å². The number of carbonyl (C=O) groups excluding carboxylic acids is 1. The second-order valence-electron chi connectivity index (χ2n) is 10.7. The van der Waals surface area contributed by atoms with Crippen molar-refractivity contribution in [1.29, 1.82) is 0 Å². The van der Waals surface area contributed by atoms with Crippen LogP contribution in [0.15, 0.2) is 48.6 Å². The Morgan fingerprint density at radius 1 is 0.704 bits per heavy atom. The largest absolute Gasteiger partial charge is 0.300 e. The fourth-order valence-electron chi connectivity index (χ4n) is 2.64. The lowest BCUT2D eigenvalue weighted by Gasteiger charge is -2.44. The molecule has 0 aliphatic heterocycles. The second-order valence-corrected chi connectivity index (χ2v) is 10.7. The van der Waals surface area contributed by atoms with E-state index in [0.717, 1.165) is 0 Å². The van der Waals surface area contributed by atoms with Crippen molar-refractivity contribution < 1.29 is 4.79 Å². The Morgan fingerprint density at radius 2 is 1.07 bits per heavy atom. The van der Waals surface area contributed by atoms with Crippen molar-refractivity contribution in [2.24, 2.45) is 27.6 Å². The van der Waals surface area contributed by atoms with Crippen LogP contribution in [0.2, 0.25) is 0 Å². The molecule has 1 atom stereocenters. The van der Waals surface area contributed by atoms with Crippen LogP contribution in [0.3, 0.4) is 0 Å². The molecule has 0 aliphatic rings. The van der Waals surface area contributed by atoms with E-state index in [0.29, 0.717) is 12.3 Å². The van der Waals surface area contributed by atoms with Gasteiger partial charge >= 0.3 is 0 Å². The first-order chi connectivity index (χ1) is 12.0. The average molecular weight is 373 g/mol. The minimum atomic E-state index is 0.00650. The van der Waals surface area contributed by atoms with Crippen LogP contribution in [0.1, 0.15) is 82.6 Å². The summed E-state index contributed by atoms with van der Waals surface area (Å²) in [7, 11) is 0. The summed E-state index contributed by atoms with van der Waals surface area (Å²) in [5, 5.41) is 0. The first kappa shape index (κ1) is 25.6. The van der Waals surface area contributed by atoms with E-state index in [1.165, 1.54) is 0 Å². The molecule has 0 N–H and O–H groups in total. The van der Waals surface area contributed by atoms with Gasteiger partial charge in [-0.05, 0) is 34.5 Å². The molecule has 0 rings (SSSR count). The van der Waals surface area contributed by atoms with E-state index in [2.05, 4.69) is 118 Å². The maximum Gasteiger partial charge on any atom is 0.130 e. The van der Waals surface area contributed by atoms with Crippen molar-refractivity contribution in [1.82, 2.24) is 0 Å². The molecule has 1 heteroatoms. The SMILES string of the molecule is CC(=O)CC(C)C(C)(C)C(C)(C)/C=C/C=C/C=C/C=C/C(C)(C)C(C)(C)C. The van der Waals surface area contributed by atoms with Crippen LogP contribution in [0, 0.1) is 27.6 Å². The van der Waals surface area contributed by atoms with Gasteiger partial charge < -0.3 is 4.79 Å². The van der Waals surface area contributed by atoms with Gasteiger partial charge in [-0.15, -0.1) is 0 Å². The lowest BCUT2D eigenvalue weighted by atomic mass is 9.60. The molecule has 0 saturated carbocycles. The van der Waals surface area contributed by atoms with Gasteiger partial charge in [0.05, 0.1) is 0 Å². The van der Waals surface area contributed by atoms with Crippen LogP contribution >= 0.6 is 0 Å². The van der Waals surface area contributed by atoms with Crippen molar-refractivity contribution in [3.63, 3.8) is 0 Å². The molecular formula is C26H44O. The Balaban J connectivity index is 4.86. The number of hydrogen-bond acceptors (Lipinski definition) is 1. The minimum Gasteiger partial charge on any atom is -0.300 e. The molecule has 0 aromatic heterocycles. The van der Waals surface area contributed by atoms with Crippen molar-refractivity contribution >= 4 is 5.78 Å². The van der Waals surface area contributed by atoms with Gasteiger partial charge in [0.2, 0.25) is 0 Å². The predicted molar refractivity (Wildman–Crippen MR) is 122 cm³/mol. The van der Waals surface area contributed by atoms with Gasteiger partial charge in [0.15, 0.2) is 0 Å². The molecule has 154 valence electrons. The number of Topliss-reactive ketones (excluding diaryl/α,β-unsaturated/α-hetero) is 1. The molecule has 1 nitrogen and oxygen atoms in total. The molecule has 0 saturated heterocycles. The summed E-state index contributed by atoms with van der Waals surface area (Å²) in [6, 6.07) is 0. The van der Waals surface area contributed by atoms with Gasteiger partial charge in [-0.1, -0.05) is 118 Å². The van der Waals surface area contributed by atoms with Crippen LogP contribution in [-0.2, 0) is 4.79 Å². The highest BCUT2D eigenvalue weighted by Crippen LogP contribution is 2.46. The van der Waals surface area contributed by atoms with Crippen LogP contribution in [0.4, 0.5) is 0 Å². The molecule has 0 spiro atoms. The molecular weight excluding hydrogens is 328 g/mol. The number of allylic oxidation sites excluding steroid dienone is 8. The Morgan fingerprint density at radius 3 is 1.44 bits per heavy atom. The van der Waals surface area contributed by atoms with Gasteiger partial charge in [0.1, 0.15) is 5.78 Å². The third-order valence-electron chi connectivity index (χ3n) is 7.00. The van der Waals surface area contributed by atoms with Gasteiger partial charge in [0, 0.05) is 6.42 Å². The normalized spacial score (nSPS) is 16.3. The maximum absolute atomic E-state index is 11.5. The van der Waals surface area contributed by atoms with Crippen molar-refractivity contribution in [2.75, 3.05) is 0 Å². The molecule has 0 bridgehead atoms. The summed E-state index contributed by atoms with van der Waals surface area (Å²) in [5.41, 5.74) is 0.452. The van der Waals surface area contributed by atoms with Crippen LogP contribution in [0.5, 0.6) is 0 Å². The molecule has 0 aromatic carbocycles. The number of ketones is 1. The van der Waals surface area contributed by atoms with E-state index in [-0.39, 0.29) is 27.4 Å². The van der Waals surface area contributed by atoms with Crippen LogP contribution in [0.25, 0.3) is 0 Å². The summed E-state index contributed by atoms with van der Waals surface area (Å²) >= 11 is 0. The van der Waals surface area contributed by atoms with E-state index in [1.54, 1.807) is 6.92 Å². The highest BCUT2D eigenvalue weighted by atomic mass is 16.1. The highest BCUT2D eigenvalue weighted by molar-refractivity contribution is 5.75. The average Bonchev–Trinajstić information content (AvgIpc) is 2.47. The Labute approximate surface area is 169 Å². The van der Waals surface area contributed by atoms with E-state index >= 15 is 0 Å². The molecule has 0 amide bonds. The van der Waals surface area contributed by atoms with Gasteiger partial charge in [0.25, 0.3) is 0 Å². The lowest BCUT2D eigenvalue weighted by molar-refractivity contribution is -0.119. The smallest absolute Gasteiger partial charge is 0.130 e. The predicted octanol–water partition coefficient (Wildman–Crippen LogP) is 7.95. The highest BCUT2D eigenvalue weighted by Gasteiger charge is 2.39. The number of hydrogen-bond donors (Lipinski definition) is 0. The van der Waals surface area contributed by atoms with Crippen molar-refractivity contribution in [2.45, 2.75) is 82.6 Å². The molecule has 0 aliphatic carbocycles. The van der Waals surface area contributed by atoms with E-state index in [4.69, 9.17) is 0 Å². The number of carbonyl (C=O) groups is 1. The molecule has 0 fully saturated rings. The summed E-state index contributed by atoms with van der Waals surface area (Å²) in [6.45, 7) is 24.2. The monoisotopic (exact) mass is 372 g/mol. The third-order valence-corrected chi connectivity index (χ3v) is 7.00. The molecule has 0 radical (unpaired) electrons. The topological polar surface area (TPSA) is 17.1 Å². The van der Waals surface area contributed by atoms with Crippen molar-refractivity contribution in [3.8, 4) is 0 Å². The molecule has 27 heavy (non-hydrogen) atoms. The first-order valence-electron chi connectivity index (χ1n) is 10.2. The Bertz CT molecular complexity index is 586. The lowest BCUT2D eigenvalue weighted by Crippen LogP contribution is -2.37. The number of rotatable bonds is 9. The zero-order valence-electron chi connectivity index (χ0n) is 19.8. The van der Waals surface area contributed by atoms with Gasteiger partial charge in [-0.3, -0.25) is 0 Å². The summed E-state index contributed by atoms with van der Waals surface area (Å²) in [6.07, 6.45) is 17.7. The fourth-order valence-corrected chi connectivity index (χ4v) is 2.64.